The number of anilines is 1. The molecule has 3 aromatic rings. The van der Waals surface area contributed by atoms with Crippen molar-refractivity contribution in [2.24, 2.45) is 0 Å². The van der Waals surface area contributed by atoms with Crippen molar-refractivity contribution in [3.8, 4) is 0 Å². The first-order valence-electron chi connectivity index (χ1n) is 6.31. The molecule has 3 rings (SSSR count). The van der Waals surface area contributed by atoms with Gasteiger partial charge < -0.3 is 14.6 Å². The summed E-state index contributed by atoms with van der Waals surface area (Å²) >= 11 is 3.29. The second-order valence-electron chi connectivity index (χ2n) is 4.78. The summed E-state index contributed by atoms with van der Waals surface area (Å²) in [5.41, 5.74) is 1.51. The Hall–Kier alpha value is -2.00. The normalized spacial score (nSPS) is 11.4. The summed E-state index contributed by atoms with van der Waals surface area (Å²) in [5, 5.41) is 15.4. The fourth-order valence-corrected chi connectivity index (χ4v) is 2.15. The van der Waals surface area contributed by atoms with Crippen LogP contribution in [0.3, 0.4) is 0 Å². The van der Waals surface area contributed by atoms with Gasteiger partial charge in [-0.05, 0) is 42.2 Å². The van der Waals surface area contributed by atoms with E-state index in [0.29, 0.717) is 35.2 Å². The van der Waals surface area contributed by atoms with Gasteiger partial charge in [0.05, 0.1) is 18.8 Å². The van der Waals surface area contributed by atoms with Crippen LogP contribution in [-0.2, 0) is 13.1 Å². The molecule has 0 aliphatic carbocycles. The number of hydrogen-bond acceptors (Lipinski definition) is 7. The van der Waals surface area contributed by atoms with Crippen molar-refractivity contribution in [2.75, 3.05) is 19.4 Å². The molecule has 0 aliphatic rings. The lowest BCUT2D eigenvalue weighted by Crippen LogP contribution is -2.11. The van der Waals surface area contributed by atoms with Crippen LogP contribution in [0.5, 0.6) is 0 Å². The molecule has 110 valence electrons. The molecule has 1 N–H and O–H groups in total. The first kappa shape index (κ1) is 14.0. The van der Waals surface area contributed by atoms with Gasteiger partial charge in [-0.25, -0.2) is 4.98 Å². The maximum absolute atomic E-state index is 5.39. The molecule has 3 heterocycles. The minimum atomic E-state index is 0.537. The van der Waals surface area contributed by atoms with Crippen LogP contribution in [0.4, 0.5) is 5.82 Å². The number of oxazole rings is 1. The summed E-state index contributed by atoms with van der Waals surface area (Å²) in [4.78, 5) is 6.40. The Bertz CT molecular complexity index is 751. The average molecular weight is 352 g/mol. The SMILES string of the molecule is CN(C)Cc1nc(CNc2ccc3nnc(Br)n3n2)co1. The molecule has 0 saturated carbocycles. The maximum atomic E-state index is 5.39. The molecule has 0 aromatic carbocycles. The van der Waals surface area contributed by atoms with Gasteiger partial charge >= 0.3 is 0 Å². The van der Waals surface area contributed by atoms with E-state index in [9.17, 15) is 0 Å². The smallest absolute Gasteiger partial charge is 0.221 e. The average Bonchev–Trinajstić information content (AvgIpc) is 3.03. The van der Waals surface area contributed by atoms with Crippen molar-refractivity contribution in [1.82, 2.24) is 29.7 Å². The van der Waals surface area contributed by atoms with E-state index in [1.807, 2.05) is 31.1 Å². The second-order valence-corrected chi connectivity index (χ2v) is 5.49. The van der Waals surface area contributed by atoms with Gasteiger partial charge in [0, 0.05) is 0 Å². The fraction of sp³-hybridized carbons (Fsp3) is 0.333. The fourth-order valence-electron chi connectivity index (χ4n) is 1.81. The lowest BCUT2D eigenvalue weighted by atomic mass is 10.4. The Balaban J connectivity index is 1.68. The zero-order valence-corrected chi connectivity index (χ0v) is 13.2. The Morgan fingerprint density at radius 2 is 2.19 bits per heavy atom. The van der Waals surface area contributed by atoms with Crippen molar-refractivity contribution >= 4 is 27.4 Å². The van der Waals surface area contributed by atoms with Crippen LogP contribution in [-0.4, -0.2) is 43.8 Å². The van der Waals surface area contributed by atoms with Gasteiger partial charge in [-0.2, -0.15) is 4.52 Å². The van der Waals surface area contributed by atoms with Crippen LogP contribution >= 0.6 is 15.9 Å². The Morgan fingerprint density at radius 3 is 3.00 bits per heavy atom. The maximum Gasteiger partial charge on any atom is 0.221 e. The Kier molecular flexibility index (Phi) is 3.84. The van der Waals surface area contributed by atoms with Gasteiger partial charge in [-0.15, -0.1) is 15.3 Å². The third-order valence-corrected chi connectivity index (χ3v) is 3.22. The van der Waals surface area contributed by atoms with Crippen molar-refractivity contribution in [3.05, 3.63) is 34.7 Å². The molecule has 0 bridgehead atoms. The lowest BCUT2D eigenvalue weighted by molar-refractivity contribution is 0.341. The molecule has 0 amide bonds. The molecule has 0 atom stereocenters. The number of fused-ring (bicyclic) bond motifs is 1. The third kappa shape index (κ3) is 3.19. The van der Waals surface area contributed by atoms with Crippen LogP contribution in [0.1, 0.15) is 11.6 Å². The van der Waals surface area contributed by atoms with Crippen LogP contribution in [0.2, 0.25) is 0 Å². The highest BCUT2D eigenvalue weighted by Crippen LogP contribution is 2.12. The second kappa shape index (κ2) is 5.78. The van der Waals surface area contributed by atoms with Gasteiger partial charge in [0.15, 0.2) is 5.65 Å². The molecule has 0 radical (unpaired) electrons. The van der Waals surface area contributed by atoms with Crippen LogP contribution in [0, 0.1) is 0 Å². The molecule has 3 aromatic heterocycles. The third-order valence-electron chi connectivity index (χ3n) is 2.73. The van der Waals surface area contributed by atoms with E-state index in [-0.39, 0.29) is 0 Å². The summed E-state index contributed by atoms with van der Waals surface area (Å²) in [6.07, 6.45) is 1.65. The number of nitrogens with one attached hydrogen (secondary N) is 1. The molecule has 0 fully saturated rings. The molecule has 0 aliphatic heterocycles. The van der Waals surface area contributed by atoms with E-state index in [0.717, 1.165) is 5.69 Å². The molecule has 0 saturated heterocycles. The summed E-state index contributed by atoms with van der Waals surface area (Å²) in [6.45, 7) is 1.22. The zero-order chi connectivity index (χ0) is 14.8. The summed E-state index contributed by atoms with van der Waals surface area (Å²) in [7, 11) is 3.94. The monoisotopic (exact) mass is 351 g/mol. The quantitative estimate of drug-likeness (QED) is 0.746. The van der Waals surface area contributed by atoms with Gasteiger partial charge in [-0.3, -0.25) is 0 Å². The van der Waals surface area contributed by atoms with E-state index in [1.54, 1.807) is 10.8 Å². The van der Waals surface area contributed by atoms with Crippen molar-refractivity contribution in [2.45, 2.75) is 13.1 Å². The number of aromatic nitrogens is 5. The molecular weight excluding hydrogens is 338 g/mol. The molecule has 0 spiro atoms. The highest BCUT2D eigenvalue weighted by atomic mass is 79.9. The predicted octanol–water partition coefficient (Wildman–Crippen LogP) is 1.55. The van der Waals surface area contributed by atoms with E-state index in [2.05, 4.69) is 41.5 Å². The molecule has 8 nitrogen and oxygen atoms in total. The number of nitrogens with zero attached hydrogens (tertiary/aromatic N) is 6. The Labute approximate surface area is 129 Å². The summed E-state index contributed by atoms with van der Waals surface area (Å²) < 4.78 is 7.57. The minimum Gasteiger partial charge on any atom is -0.447 e. The molecular formula is C12H14BrN7O. The Morgan fingerprint density at radius 1 is 1.33 bits per heavy atom. The summed E-state index contributed by atoms with van der Waals surface area (Å²) in [5.74, 6) is 1.40. The predicted molar refractivity (Wildman–Crippen MR) is 79.7 cm³/mol. The van der Waals surface area contributed by atoms with Crippen molar-refractivity contribution in [3.63, 3.8) is 0 Å². The van der Waals surface area contributed by atoms with E-state index in [1.165, 1.54) is 0 Å². The largest absolute Gasteiger partial charge is 0.447 e. The van der Waals surface area contributed by atoms with Crippen LogP contribution in [0.25, 0.3) is 5.65 Å². The van der Waals surface area contributed by atoms with Gasteiger partial charge in [0.25, 0.3) is 0 Å². The van der Waals surface area contributed by atoms with E-state index in [4.69, 9.17) is 4.42 Å². The van der Waals surface area contributed by atoms with Crippen LogP contribution < -0.4 is 5.32 Å². The highest BCUT2D eigenvalue weighted by Gasteiger charge is 2.07. The lowest BCUT2D eigenvalue weighted by Gasteiger charge is -2.04. The molecule has 9 heteroatoms. The standard InChI is InChI=1S/C12H14BrN7O/c1-19(2)6-11-15-8(7-21-11)5-14-9-3-4-10-16-17-12(13)20(10)18-9/h3-4,7H,5-6H2,1-2H3,(H,14,18). The van der Waals surface area contributed by atoms with E-state index >= 15 is 0 Å². The van der Waals surface area contributed by atoms with Crippen molar-refractivity contribution < 1.29 is 4.42 Å². The van der Waals surface area contributed by atoms with Gasteiger partial charge in [0.1, 0.15) is 12.1 Å². The first-order chi connectivity index (χ1) is 10.1. The minimum absolute atomic E-state index is 0.537. The topological polar surface area (TPSA) is 84.4 Å². The number of hydrogen-bond donors (Lipinski definition) is 1. The highest BCUT2D eigenvalue weighted by molar-refractivity contribution is 9.10. The number of rotatable bonds is 5. The van der Waals surface area contributed by atoms with E-state index < -0.39 is 0 Å². The van der Waals surface area contributed by atoms with Gasteiger partial charge in [-0.1, -0.05) is 0 Å². The number of halogens is 1. The molecule has 0 unspecified atom stereocenters. The zero-order valence-electron chi connectivity index (χ0n) is 11.6. The van der Waals surface area contributed by atoms with Crippen LogP contribution in [0.15, 0.2) is 27.5 Å². The van der Waals surface area contributed by atoms with Crippen molar-refractivity contribution in [1.29, 1.82) is 0 Å². The first-order valence-corrected chi connectivity index (χ1v) is 7.11. The molecule has 21 heavy (non-hydrogen) atoms. The summed E-state index contributed by atoms with van der Waals surface area (Å²) in [6, 6.07) is 3.69. The van der Waals surface area contributed by atoms with Gasteiger partial charge in [0.2, 0.25) is 10.6 Å².